The second-order valence-corrected chi connectivity index (χ2v) is 27.3. The van der Waals surface area contributed by atoms with Gasteiger partial charge in [-0.2, -0.15) is 0 Å². The zero-order chi connectivity index (χ0) is 48.4. The summed E-state index contributed by atoms with van der Waals surface area (Å²) in [6.45, 7) is 16.5. The summed E-state index contributed by atoms with van der Waals surface area (Å²) in [7, 11) is 0. The number of epoxide rings is 1. The van der Waals surface area contributed by atoms with Gasteiger partial charge in [-0.25, -0.2) is 0 Å². The lowest BCUT2D eigenvalue weighted by molar-refractivity contribution is -0.351. The van der Waals surface area contributed by atoms with Gasteiger partial charge in [0.1, 0.15) is 35.3 Å². The first-order valence-electron chi connectivity index (χ1n) is 27.0. The third-order valence-corrected chi connectivity index (χ3v) is 24.3. The maximum Gasteiger partial charge on any atom is 0.201 e. The minimum atomic E-state index is -1.50. The first-order valence-corrected chi connectivity index (χ1v) is 27.0. The average Bonchev–Trinajstić information content (AvgIpc) is 3.41. The molecule has 13 aliphatic rings. The van der Waals surface area contributed by atoms with E-state index in [2.05, 4.69) is 26.8 Å². The number of hydrogen-bond acceptors (Lipinski definition) is 14. The van der Waals surface area contributed by atoms with Crippen LogP contribution in [-0.2, 0) is 54.2 Å². The zero-order valence-electron chi connectivity index (χ0n) is 41.9. The van der Waals surface area contributed by atoms with Crippen molar-refractivity contribution in [1.29, 1.82) is 0 Å². The van der Waals surface area contributed by atoms with Crippen molar-refractivity contribution in [2.75, 3.05) is 13.2 Å². The molecule has 0 aromatic carbocycles. The summed E-state index contributed by atoms with van der Waals surface area (Å²) in [4.78, 5) is 26.2. The summed E-state index contributed by atoms with van der Waals surface area (Å²) in [5, 5.41) is 71.7. The van der Waals surface area contributed by atoms with E-state index < -0.39 is 86.2 Å². The second kappa shape index (κ2) is 13.3. The van der Waals surface area contributed by atoms with Gasteiger partial charge in [-0.3, -0.25) is 14.8 Å². The van der Waals surface area contributed by atoms with Gasteiger partial charge in [0, 0.05) is 54.5 Å². The highest BCUT2D eigenvalue weighted by Crippen LogP contribution is 2.79. The van der Waals surface area contributed by atoms with E-state index in [1.165, 1.54) is 0 Å². The summed E-state index contributed by atoms with van der Waals surface area (Å²) < 4.78 is 33.3. The van der Waals surface area contributed by atoms with E-state index in [4.69, 9.17) is 33.7 Å². The normalized spacial score (nSPS) is 59.7. The molecule has 1 aromatic rings. The fourth-order valence-corrected chi connectivity index (χ4v) is 20.7. The summed E-state index contributed by atoms with van der Waals surface area (Å²) in [6, 6.07) is 0. The number of ketones is 1. The van der Waals surface area contributed by atoms with E-state index in [-0.39, 0.29) is 78.9 Å². The van der Waals surface area contributed by atoms with Crippen LogP contribution in [0.1, 0.15) is 142 Å². The minimum absolute atomic E-state index is 0.0343. The average molecular weight is 957 g/mol. The monoisotopic (exact) mass is 957 g/mol. The van der Waals surface area contributed by atoms with Crippen molar-refractivity contribution >= 4 is 5.78 Å². The molecule has 5 saturated carbocycles. The van der Waals surface area contributed by atoms with Gasteiger partial charge >= 0.3 is 0 Å². The molecule has 14 rings (SSSR count). The number of rotatable bonds is 2. The summed E-state index contributed by atoms with van der Waals surface area (Å²) >= 11 is 0. The van der Waals surface area contributed by atoms with Crippen LogP contribution in [0.25, 0.3) is 0 Å². The molecule has 4 spiro atoms. The fourth-order valence-electron chi connectivity index (χ4n) is 20.7. The van der Waals surface area contributed by atoms with E-state index in [1.807, 2.05) is 34.6 Å². The van der Waals surface area contributed by atoms with Gasteiger partial charge < -0.3 is 54.3 Å². The minimum Gasteiger partial charge on any atom is -0.396 e. The van der Waals surface area contributed by atoms with Crippen LogP contribution in [0.15, 0.2) is 11.6 Å². The van der Waals surface area contributed by atoms with Crippen molar-refractivity contribution in [3.8, 4) is 0 Å². The molecule has 5 aliphatic heterocycles. The number of aliphatic hydroxyl groups is 6. The Labute approximate surface area is 405 Å². The topological polar surface area (TPSA) is 214 Å². The third kappa shape index (κ3) is 4.90. The number of Topliss-reactive ketones (excluding diaryl/α,β-unsaturated/α-hetero) is 1. The molecule has 5 unspecified atom stereocenters. The number of carbonyl (C=O) groups excluding carboxylic acids is 1. The molecule has 0 radical (unpaired) electrons. The van der Waals surface area contributed by atoms with Crippen LogP contribution >= 0.6 is 0 Å². The highest BCUT2D eigenvalue weighted by atomic mass is 16.7. The van der Waals surface area contributed by atoms with Gasteiger partial charge in [0.15, 0.2) is 5.79 Å². The molecular formula is C55H76N2O12. The Balaban J connectivity index is 0.740. The molecule has 8 aliphatic carbocycles. The van der Waals surface area contributed by atoms with E-state index in [1.54, 1.807) is 0 Å². The van der Waals surface area contributed by atoms with Crippen molar-refractivity contribution in [3.05, 3.63) is 34.4 Å². The summed E-state index contributed by atoms with van der Waals surface area (Å²) in [6.07, 6.45) is 7.28. The Bertz CT molecular complexity index is 2500. The highest BCUT2D eigenvalue weighted by molar-refractivity contribution is 5.91. The molecule has 69 heavy (non-hydrogen) atoms. The van der Waals surface area contributed by atoms with E-state index >= 15 is 4.79 Å². The van der Waals surface area contributed by atoms with Gasteiger partial charge in [-0.15, -0.1) is 0 Å². The zero-order valence-corrected chi connectivity index (χ0v) is 41.9. The Morgan fingerprint density at radius 2 is 1.45 bits per heavy atom. The Morgan fingerprint density at radius 1 is 0.754 bits per heavy atom. The van der Waals surface area contributed by atoms with Crippen LogP contribution in [0.3, 0.4) is 0 Å². The van der Waals surface area contributed by atoms with E-state index in [9.17, 15) is 30.6 Å². The van der Waals surface area contributed by atoms with E-state index in [0.717, 1.165) is 66.9 Å². The molecule has 6 heterocycles. The summed E-state index contributed by atoms with van der Waals surface area (Å²) in [5.74, 6) is -3.02. The molecule has 14 nitrogen and oxygen atoms in total. The van der Waals surface area contributed by atoms with Crippen molar-refractivity contribution in [2.24, 2.45) is 69.0 Å². The number of aliphatic hydroxyl groups excluding tert-OH is 4. The van der Waals surface area contributed by atoms with Gasteiger partial charge in [-0.05, 0) is 126 Å². The Hall–Kier alpha value is -1.95. The number of aromatic nitrogens is 2. The van der Waals surface area contributed by atoms with Crippen LogP contribution < -0.4 is 0 Å². The van der Waals surface area contributed by atoms with Crippen LogP contribution in [0.5, 0.6) is 0 Å². The molecule has 1 aromatic heterocycles. The van der Waals surface area contributed by atoms with Crippen LogP contribution in [0, 0.1) is 69.0 Å². The predicted molar refractivity (Wildman–Crippen MR) is 246 cm³/mol. The summed E-state index contributed by atoms with van der Waals surface area (Å²) in [5.41, 5.74) is -2.48. The third-order valence-electron chi connectivity index (χ3n) is 24.3. The SMILES string of the molecule is C[C@@H]1[C@]2(O[C@H]3C=C4C5CCC6Cc7nc8c(nc7C[C@]6(C)C5C[C@@H](O)[C@]4(C)[C@]31O)CC1CCC3[C@](O)(CC(=O)[C@]45CO[C@@]6(OC(C)(C)C[C@H]6O)[C@@H](C)[C@H]4C[C@H]4O[C@]345)[C@@]1(C)C8)O[C@](C)(CCO)C[C@H]2O. The molecule has 378 valence electrons. The van der Waals surface area contributed by atoms with Crippen molar-refractivity contribution in [1.82, 2.24) is 9.97 Å². The number of hydrogen-bond donors (Lipinski definition) is 6. The first kappa shape index (κ1) is 45.6. The lowest BCUT2D eigenvalue weighted by Gasteiger charge is -2.65. The van der Waals surface area contributed by atoms with Gasteiger partial charge in [0.05, 0.1) is 63.8 Å². The quantitative estimate of drug-likeness (QED) is 0.181. The van der Waals surface area contributed by atoms with Crippen molar-refractivity contribution in [3.63, 3.8) is 0 Å². The van der Waals surface area contributed by atoms with Crippen LogP contribution in [0.4, 0.5) is 0 Å². The molecule has 0 bridgehead atoms. The molecule has 0 amide bonds. The second-order valence-electron chi connectivity index (χ2n) is 27.3. The van der Waals surface area contributed by atoms with Crippen LogP contribution in [0.2, 0.25) is 0 Å². The standard InChI is InChI=1S/C55H76N2O12/c1-26-31-18-44-53(66-44)38-12-10-29-16-35-37(21-48(29,7)51(38,63)24-40(60)50(31,53)25-65-54(26)41(61)22-45(3,4)68-54)57-34-15-28-9-11-30-32(47(28,6)20-36(34)56-35)17-39(59)49(8)33(30)19-43-52(49,64)27(2)55(67-43)42(62)23-46(5,69-55)13-14-58/h19,26-32,38-39,41-44,58-59,61-64H,9-18,20-25H2,1-8H3/t26-,27-,28?,29?,30?,31+,32?,38?,39+,41+,42+,43-,44+,46+,47-,48-,49+,50-,51+,52+,53+,54+,55-/m0/s1. The number of ether oxygens (including phenoxy) is 5. The molecular weight excluding hydrogens is 881 g/mol. The predicted octanol–water partition coefficient (Wildman–Crippen LogP) is 4.22. The fraction of sp³-hybridized carbons (Fsp3) is 0.873. The number of carbonyl (C=O) groups is 1. The van der Waals surface area contributed by atoms with Gasteiger partial charge in [0.25, 0.3) is 0 Å². The molecule has 14 heteroatoms. The largest absolute Gasteiger partial charge is 0.396 e. The lowest BCUT2D eigenvalue weighted by Crippen LogP contribution is -2.75. The van der Waals surface area contributed by atoms with Gasteiger partial charge in [-0.1, -0.05) is 46.3 Å². The smallest absolute Gasteiger partial charge is 0.201 e. The van der Waals surface area contributed by atoms with Crippen molar-refractivity contribution in [2.45, 2.75) is 215 Å². The van der Waals surface area contributed by atoms with E-state index in [0.29, 0.717) is 44.4 Å². The number of nitrogens with zero attached hydrogens (tertiary/aromatic N) is 2. The highest BCUT2D eigenvalue weighted by Gasteiger charge is 2.90. The maximum atomic E-state index is 15.2. The lowest BCUT2D eigenvalue weighted by atomic mass is 9.41. The first-order chi connectivity index (χ1) is 32.4. The molecule has 6 N–H and O–H groups in total. The Kier molecular flexibility index (Phi) is 8.79. The molecule has 5 saturated heterocycles. The number of fused-ring (bicyclic) bond motifs is 12. The van der Waals surface area contributed by atoms with Gasteiger partial charge in [0.2, 0.25) is 5.79 Å². The molecule has 10 fully saturated rings. The Morgan fingerprint density at radius 3 is 2.16 bits per heavy atom. The molecule has 23 atom stereocenters. The van der Waals surface area contributed by atoms with Crippen LogP contribution in [-0.4, -0.2) is 130 Å². The van der Waals surface area contributed by atoms with Crippen molar-refractivity contribution < 1.29 is 59.1 Å². The maximum absolute atomic E-state index is 15.2.